The number of allylic oxidation sites excluding steroid dienone is 1. The van der Waals surface area contributed by atoms with Crippen LogP contribution in [0.25, 0.3) is 0 Å². The topological polar surface area (TPSA) is 17.1 Å². The van der Waals surface area contributed by atoms with Gasteiger partial charge < -0.3 is 0 Å². The van der Waals surface area contributed by atoms with Crippen LogP contribution in [0.2, 0.25) is 0 Å². The number of carbonyl (C=O) groups excluding carboxylic acids is 1. The largest absolute Gasteiger partial charge is 0 e. The van der Waals surface area contributed by atoms with E-state index in [1.54, 1.807) is 0 Å². The third-order valence-corrected chi connectivity index (χ3v) is 0.833. The summed E-state index contributed by atoms with van der Waals surface area (Å²) in [4.78, 5) is 9.75. The molecular formula is C3H3OTiZn. The Hall–Kier alpha value is 0.748. The number of rotatable bonds is 1. The molecule has 0 heterocycles. The van der Waals surface area contributed by atoms with Crippen molar-refractivity contribution in [2.24, 2.45) is 0 Å². The molecule has 0 unspecified atom stereocenters. The normalized spacial score (nSPS) is 5.67. The van der Waals surface area contributed by atoms with Crippen molar-refractivity contribution < 1.29 is 44.8 Å². The summed E-state index contributed by atoms with van der Waals surface area (Å²) in [7, 11) is 0. The Bertz CT molecular complexity index is 61.8. The quantitative estimate of drug-likeness (QED) is 0.405. The molecule has 0 aliphatic carbocycles. The van der Waals surface area contributed by atoms with Gasteiger partial charge in [0.15, 0.2) is 0 Å². The molecular weight excluding hydrogens is 165 g/mol. The Morgan fingerprint density at radius 3 is 2.00 bits per heavy atom. The summed E-state index contributed by atoms with van der Waals surface area (Å²) in [5.74, 6) is 0. The van der Waals surface area contributed by atoms with Gasteiger partial charge in [0.2, 0.25) is 0 Å². The van der Waals surface area contributed by atoms with Gasteiger partial charge in [-0.3, -0.25) is 0 Å². The van der Waals surface area contributed by atoms with Crippen molar-refractivity contribution >= 4 is 4.38 Å². The minimum absolute atomic E-state index is 0. The number of hydrogen-bond donors (Lipinski definition) is 0. The summed E-state index contributed by atoms with van der Waals surface area (Å²) >= 11 is 0.698. The zero-order valence-electron chi connectivity index (χ0n) is 3.40. The van der Waals surface area contributed by atoms with Crippen molar-refractivity contribution in [1.82, 2.24) is 0 Å². The second-order valence-corrected chi connectivity index (χ2v) is 2.13. The smallest absolute Gasteiger partial charge is 0 e. The zero-order valence-corrected chi connectivity index (χ0v) is 7.93. The molecule has 0 aromatic carbocycles. The van der Waals surface area contributed by atoms with Crippen LogP contribution < -0.4 is 0 Å². The van der Waals surface area contributed by atoms with Crippen molar-refractivity contribution in [3.63, 3.8) is 0 Å². The molecule has 6 heavy (non-hydrogen) atoms. The van der Waals surface area contributed by atoms with E-state index in [1.807, 2.05) is 0 Å². The van der Waals surface area contributed by atoms with Crippen molar-refractivity contribution in [3.8, 4) is 0 Å². The monoisotopic (exact) mass is 167 g/mol. The van der Waals surface area contributed by atoms with Crippen LogP contribution in [0.1, 0.15) is 0 Å². The first kappa shape index (κ1) is 9.89. The Kier molecular flexibility index (Phi) is 9.47. The van der Waals surface area contributed by atoms with Crippen LogP contribution >= 0.6 is 0 Å². The van der Waals surface area contributed by atoms with E-state index in [0.717, 1.165) is 0 Å². The summed E-state index contributed by atoms with van der Waals surface area (Å²) in [5, 5.41) is 0. The van der Waals surface area contributed by atoms with E-state index in [4.69, 9.17) is 0 Å². The summed E-state index contributed by atoms with van der Waals surface area (Å²) in [6, 6.07) is 0. The molecule has 3 heteroatoms. The van der Waals surface area contributed by atoms with Crippen LogP contribution in [-0.2, 0) is 44.8 Å². The van der Waals surface area contributed by atoms with Gasteiger partial charge in [-0.15, -0.1) is 0 Å². The van der Waals surface area contributed by atoms with E-state index < -0.39 is 0 Å². The van der Waals surface area contributed by atoms with Gasteiger partial charge in [0.05, 0.1) is 0 Å². The third-order valence-electron chi connectivity index (χ3n) is 0.228. The first-order chi connectivity index (χ1) is 2.27. The predicted molar refractivity (Wildman–Crippen MR) is 15.2 cm³/mol. The molecule has 0 aliphatic rings. The molecule has 0 fully saturated rings. The van der Waals surface area contributed by atoms with Gasteiger partial charge in [0.25, 0.3) is 0 Å². The maximum absolute atomic E-state index is 9.75. The van der Waals surface area contributed by atoms with Gasteiger partial charge in [0.1, 0.15) is 0 Å². The van der Waals surface area contributed by atoms with E-state index in [0.29, 0.717) is 18.3 Å². The first-order valence-corrected chi connectivity index (χ1v) is 2.74. The Morgan fingerprint density at radius 2 is 2.00 bits per heavy atom. The van der Waals surface area contributed by atoms with Gasteiger partial charge in [-0.1, -0.05) is 0 Å². The van der Waals surface area contributed by atoms with Crippen molar-refractivity contribution in [2.45, 2.75) is 0 Å². The standard InChI is InChI=1S/C3H3O.Ti.Zn/c1-2-3-4;;/h2H,1H2;;. The number of hydrogen-bond acceptors (Lipinski definition) is 1. The third kappa shape index (κ3) is 8.83. The fourth-order valence-electron chi connectivity index (χ4n) is 0. The summed E-state index contributed by atoms with van der Waals surface area (Å²) < 4.78 is 0.144. The zero-order chi connectivity index (χ0) is 4.28. The molecule has 0 aromatic heterocycles. The van der Waals surface area contributed by atoms with E-state index >= 15 is 0 Å². The van der Waals surface area contributed by atoms with Crippen LogP contribution in [-0.4, -0.2) is 4.38 Å². The van der Waals surface area contributed by atoms with Crippen LogP contribution in [0.5, 0.6) is 0 Å². The Labute approximate surface area is 61.7 Å². The van der Waals surface area contributed by atoms with Crippen LogP contribution in [0.15, 0.2) is 12.7 Å². The maximum Gasteiger partial charge on any atom is 0 e. The molecule has 0 saturated carbocycles. The van der Waals surface area contributed by atoms with Gasteiger partial charge in [-0.2, -0.15) is 0 Å². The molecule has 0 atom stereocenters. The summed E-state index contributed by atoms with van der Waals surface area (Å²) in [6.07, 6.45) is 1.33. The molecule has 0 rings (SSSR count). The molecule has 0 aliphatic heterocycles. The molecule has 0 amide bonds. The predicted octanol–water partition coefficient (Wildman–Crippen LogP) is 0.243. The van der Waals surface area contributed by atoms with Gasteiger partial charge >= 0.3 is 40.1 Å². The van der Waals surface area contributed by atoms with E-state index in [9.17, 15) is 4.79 Å². The van der Waals surface area contributed by atoms with E-state index in [1.165, 1.54) is 6.08 Å². The van der Waals surface area contributed by atoms with Crippen molar-refractivity contribution in [3.05, 3.63) is 12.7 Å². The maximum atomic E-state index is 9.75. The summed E-state index contributed by atoms with van der Waals surface area (Å²) in [5.41, 5.74) is 0. The minimum atomic E-state index is 0. The van der Waals surface area contributed by atoms with Crippen molar-refractivity contribution in [1.29, 1.82) is 0 Å². The molecule has 0 aromatic rings. The van der Waals surface area contributed by atoms with Crippen LogP contribution in [0, 0.1) is 0 Å². The fraction of sp³-hybridized carbons (Fsp3) is 0. The average Bonchev–Trinajstić information content (AvgIpc) is 1.38. The van der Waals surface area contributed by atoms with E-state index in [2.05, 4.69) is 6.58 Å². The molecule has 27 valence electrons. The first-order valence-electron chi connectivity index (χ1n) is 1.25. The van der Waals surface area contributed by atoms with Gasteiger partial charge in [0, 0.05) is 21.7 Å². The second kappa shape index (κ2) is 5.75. The summed E-state index contributed by atoms with van der Waals surface area (Å²) in [6.45, 7) is 3.24. The van der Waals surface area contributed by atoms with Crippen LogP contribution in [0.4, 0.5) is 0 Å². The number of carbonyl (C=O) groups is 1. The molecule has 0 radical (unpaired) electrons. The van der Waals surface area contributed by atoms with Crippen molar-refractivity contribution in [2.75, 3.05) is 0 Å². The molecule has 0 bridgehead atoms. The van der Waals surface area contributed by atoms with Crippen LogP contribution in [0.3, 0.4) is 0 Å². The van der Waals surface area contributed by atoms with Gasteiger partial charge in [-0.05, 0) is 0 Å². The SMILES string of the molecule is C=C[C](=O)[Zn].[Ti]. The molecule has 0 spiro atoms. The molecule has 0 saturated heterocycles. The average molecular weight is 168 g/mol. The second-order valence-electron chi connectivity index (χ2n) is 0.670. The Balaban J connectivity index is 0. The van der Waals surface area contributed by atoms with Gasteiger partial charge in [-0.25, -0.2) is 0 Å². The fourth-order valence-corrected chi connectivity index (χ4v) is 0. The molecule has 1 nitrogen and oxygen atoms in total. The van der Waals surface area contributed by atoms with E-state index in [-0.39, 0.29) is 26.1 Å². The minimum Gasteiger partial charge on any atom is 0 e. The molecule has 0 N–H and O–H groups in total. The Morgan fingerprint density at radius 1 is 1.83 bits per heavy atom.